The van der Waals surface area contributed by atoms with Crippen LogP contribution in [-0.4, -0.2) is 25.0 Å². The average Bonchev–Trinajstić information content (AvgIpc) is 2.27. The van der Waals surface area contributed by atoms with E-state index >= 15 is 0 Å². The average molecular weight is 177 g/mol. The molecule has 0 aromatic carbocycles. The summed E-state index contributed by atoms with van der Waals surface area (Å²) in [6, 6.07) is 0.480. The molecule has 0 aromatic rings. The van der Waals surface area contributed by atoms with Crippen LogP contribution in [0.2, 0.25) is 0 Å². The van der Waals surface area contributed by atoms with Crippen molar-refractivity contribution in [3.05, 3.63) is 0 Å². The summed E-state index contributed by atoms with van der Waals surface area (Å²) in [7, 11) is 0. The number of nitrogens with one attached hydrogen (secondary N) is 2. The summed E-state index contributed by atoms with van der Waals surface area (Å²) < 4.78 is 0. The Morgan fingerprint density at radius 3 is 3.00 bits per heavy atom. The second kappa shape index (κ2) is 3.41. The highest BCUT2D eigenvalue weighted by Crippen LogP contribution is 2.20. The van der Waals surface area contributed by atoms with Crippen LogP contribution in [0.25, 0.3) is 0 Å². The van der Waals surface area contributed by atoms with Crippen LogP contribution in [0, 0.1) is 5.92 Å². The van der Waals surface area contributed by atoms with Gasteiger partial charge in [0.15, 0.2) is 0 Å². The molecule has 2 rings (SSSR count). The smallest absolute Gasteiger partial charge is 0.220 e. The number of halogens is 1. The van der Waals surface area contributed by atoms with Crippen LogP contribution < -0.4 is 10.6 Å². The van der Waals surface area contributed by atoms with Crippen molar-refractivity contribution in [1.82, 2.24) is 10.6 Å². The van der Waals surface area contributed by atoms with Crippen molar-refractivity contribution < 1.29 is 4.79 Å². The number of hydrogen-bond donors (Lipinski definition) is 2. The summed E-state index contributed by atoms with van der Waals surface area (Å²) in [4.78, 5) is 10.9. The van der Waals surface area contributed by atoms with E-state index in [0.29, 0.717) is 12.0 Å². The number of fused-ring (bicyclic) bond motifs is 1. The van der Waals surface area contributed by atoms with Gasteiger partial charge >= 0.3 is 0 Å². The zero-order valence-corrected chi connectivity index (χ0v) is 7.12. The molecule has 2 heterocycles. The molecule has 0 bridgehead atoms. The van der Waals surface area contributed by atoms with E-state index in [4.69, 9.17) is 0 Å². The number of piperidine rings is 1. The lowest BCUT2D eigenvalue weighted by molar-refractivity contribution is -0.119. The van der Waals surface area contributed by atoms with Crippen molar-refractivity contribution in [1.29, 1.82) is 0 Å². The largest absolute Gasteiger partial charge is 0.353 e. The quantitative estimate of drug-likeness (QED) is 0.542. The van der Waals surface area contributed by atoms with E-state index in [0.717, 1.165) is 25.9 Å². The molecule has 11 heavy (non-hydrogen) atoms. The molecular formula is C7H13ClN2O. The molecule has 64 valence electrons. The lowest BCUT2D eigenvalue weighted by Crippen LogP contribution is -2.41. The Balaban J connectivity index is 0.000000605. The van der Waals surface area contributed by atoms with E-state index in [9.17, 15) is 4.79 Å². The Morgan fingerprint density at radius 1 is 1.45 bits per heavy atom. The molecule has 2 aliphatic heterocycles. The summed E-state index contributed by atoms with van der Waals surface area (Å²) >= 11 is 0. The lowest BCUT2D eigenvalue weighted by atomic mass is 9.95. The van der Waals surface area contributed by atoms with Crippen molar-refractivity contribution in [3.63, 3.8) is 0 Å². The highest BCUT2D eigenvalue weighted by atomic mass is 35.5. The molecule has 0 unspecified atom stereocenters. The van der Waals surface area contributed by atoms with Crippen LogP contribution in [0.1, 0.15) is 12.8 Å². The third-order valence-corrected chi connectivity index (χ3v) is 2.40. The van der Waals surface area contributed by atoms with E-state index in [1.807, 2.05) is 0 Å². The van der Waals surface area contributed by atoms with Gasteiger partial charge in [-0.3, -0.25) is 4.79 Å². The van der Waals surface area contributed by atoms with E-state index in [-0.39, 0.29) is 18.3 Å². The zero-order valence-electron chi connectivity index (χ0n) is 6.30. The molecule has 1 amide bonds. The fourth-order valence-corrected chi connectivity index (χ4v) is 1.83. The Kier molecular flexibility index (Phi) is 2.73. The monoisotopic (exact) mass is 176 g/mol. The molecule has 0 aliphatic carbocycles. The minimum atomic E-state index is 0. The Hall–Kier alpha value is -0.280. The van der Waals surface area contributed by atoms with Gasteiger partial charge in [0.25, 0.3) is 0 Å². The van der Waals surface area contributed by atoms with Crippen molar-refractivity contribution in [3.8, 4) is 0 Å². The van der Waals surface area contributed by atoms with Gasteiger partial charge in [0.05, 0.1) is 0 Å². The van der Waals surface area contributed by atoms with E-state index in [2.05, 4.69) is 10.6 Å². The normalized spacial score (nSPS) is 35.5. The number of hydrogen-bond acceptors (Lipinski definition) is 2. The van der Waals surface area contributed by atoms with Crippen LogP contribution in [-0.2, 0) is 4.79 Å². The predicted molar refractivity (Wildman–Crippen MR) is 44.8 cm³/mol. The molecule has 2 saturated heterocycles. The highest BCUT2D eigenvalue weighted by molar-refractivity contribution is 5.85. The third-order valence-electron chi connectivity index (χ3n) is 2.40. The van der Waals surface area contributed by atoms with E-state index in [1.165, 1.54) is 0 Å². The van der Waals surface area contributed by atoms with Gasteiger partial charge in [-0.05, 0) is 13.0 Å². The molecule has 3 nitrogen and oxygen atoms in total. The molecule has 2 N–H and O–H groups in total. The number of carbonyl (C=O) groups excluding carboxylic acids is 1. The van der Waals surface area contributed by atoms with Crippen LogP contribution >= 0.6 is 12.4 Å². The van der Waals surface area contributed by atoms with Crippen LogP contribution in [0.15, 0.2) is 0 Å². The fraction of sp³-hybridized carbons (Fsp3) is 0.857. The van der Waals surface area contributed by atoms with Crippen molar-refractivity contribution >= 4 is 18.3 Å². The second-order valence-electron chi connectivity index (χ2n) is 3.13. The van der Waals surface area contributed by atoms with Crippen molar-refractivity contribution in [2.45, 2.75) is 18.9 Å². The third kappa shape index (κ3) is 1.65. The van der Waals surface area contributed by atoms with Gasteiger partial charge in [-0.2, -0.15) is 0 Å². The Morgan fingerprint density at radius 2 is 2.27 bits per heavy atom. The topological polar surface area (TPSA) is 41.1 Å². The molecule has 2 atom stereocenters. The fourth-order valence-electron chi connectivity index (χ4n) is 1.83. The molecule has 2 aliphatic rings. The maximum atomic E-state index is 10.9. The van der Waals surface area contributed by atoms with E-state index < -0.39 is 0 Å². The minimum Gasteiger partial charge on any atom is -0.353 e. The molecule has 0 saturated carbocycles. The first-order valence-electron chi connectivity index (χ1n) is 3.86. The van der Waals surface area contributed by atoms with Gasteiger partial charge in [-0.25, -0.2) is 0 Å². The molecular weight excluding hydrogens is 164 g/mol. The van der Waals surface area contributed by atoms with Gasteiger partial charge in [0.1, 0.15) is 0 Å². The Bertz CT molecular complexity index is 147. The zero-order chi connectivity index (χ0) is 6.97. The summed E-state index contributed by atoms with van der Waals surface area (Å²) in [6.45, 7) is 2.07. The predicted octanol–water partition coefficient (Wildman–Crippen LogP) is -0.0938. The number of carbonyl (C=O) groups is 1. The molecule has 2 fully saturated rings. The van der Waals surface area contributed by atoms with Gasteiger partial charge in [0, 0.05) is 24.9 Å². The van der Waals surface area contributed by atoms with Crippen molar-refractivity contribution in [2.24, 2.45) is 5.92 Å². The summed E-state index contributed by atoms with van der Waals surface area (Å²) in [5.41, 5.74) is 0. The maximum absolute atomic E-state index is 10.9. The number of amides is 1. The molecule has 0 spiro atoms. The first-order chi connectivity index (χ1) is 4.86. The molecule has 4 heteroatoms. The standard InChI is InChI=1S/C7H12N2O.ClH/c10-7-3-5-4-8-2-1-6(5)9-7;/h5-6,8H,1-4H2,(H,9,10);1H/t5-,6-;/m1./s1. The molecule has 0 radical (unpaired) electrons. The first-order valence-corrected chi connectivity index (χ1v) is 3.86. The van der Waals surface area contributed by atoms with Crippen LogP contribution in [0.3, 0.4) is 0 Å². The van der Waals surface area contributed by atoms with Gasteiger partial charge in [-0.15, -0.1) is 12.4 Å². The van der Waals surface area contributed by atoms with E-state index in [1.54, 1.807) is 0 Å². The first kappa shape index (κ1) is 8.81. The minimum absolute atomic E-state index is 0. The molecule has 0 aromatic heterocycles. The van der Waals surface area contributed by atoms with Gasteiger partial charge < -0.3 is 10.6 Å². The van der Waals surface area contributed by atoms with Crippen LogP contribution in [0.4, 0.5) is 0 Å². The van der Waals surface area contributed by atoms with Gasteiger partial charge in [0.2, 0.25) is 5.91 Å². The number of rotatable bonds is 0. The summed E-state index contributed by atoms with van der Waals surface area (Å²) in [5.74, 6) is 0.806. The maximum Gasteiger partial charge on any atom is 0.220 e. The Labute approximate surface area is 72.3 Å². The van der Waals surface area contributed by atoms with Gasteiger partial charge in [-0.1, -0.05) is 0 Å². The van der Waals surface area contributed by atoms with Crippen LogP contribution in [0.5, 0.6) is 0 Å². The second-order valence-corrected chi connectivity index (χ2v) is 3.13. The highest BCUT2D eigenvalue weighted by Gasteiger charge is 2.33. The van der Waals surface area contributed by atoms with Crippen molar-refractivity contribution in [2.75, 3.05) is 13.1 Å². The lowest BCUT2D eigenvalue weighted by Gasteiger charge is -2.24. The summed E-state index contributed by atoms with van der Waals surface area (Å²) in [5, 5.41) is 6.26. The summed E-state index contributed by atoms with van der Waals surface area (Å²) in [6.07, 6.45) is 1.84. The SMILES string of the molecule is Cl.O=C1C[C@@H]2CNCC[C@H]2N1.